The minimum atomic E-state index is -0.239. The monoisotopic (exact) mass is 295 g/mol. The van der Waals surface area contributed by atoms with Crippen LogP contribution in [0.25, 0.3) is 11.0 Å². The number of amides is 2. The number of urea groups is 1. The van der Waals surface area contributed by atoms with Crippen molar-refractivity contribution in [2.24, 2.45) is 0 Å². The Morgan fingerprint density at radius 2 is 2.14 bits per heavy atom. The molecule has 3 rings (SSSR count). The molecule has 2 heterocycles. The van der Waals surface area contributed by atoms with E-state index >= 15 is 0 Å². The number of rotatable bonds is 4. The molecule has 112 valence electrons. The van der Waals surface area contributed by atoms with Crippen molar-refractivity contribution in [3.8, 4) is 0 Å². The van der Waals surface area contributed by atoms with E-state index in [1.807, 2.05) is 49.4 Å². The molecular weight excluding hydrogens is 278 g/mol. The van der Waals surface area contributed by atoms with Crippen molar-refractivity contribution >= 4 is 17.0 Å². The summed E-state index contributed by atoms with van der Waals surface area (Å²) in [5, 5.41) is 6.69. The molecular formula is C17H17N3O2. The van der Waals surface area contributed by atoms with E-state index in [1.54, 1.807) is 12.4 Å². The number of hydrogen-bond acceptors (Lipinski definition) is 3. The number of benzene rings is 1. The number of hydrogen-bond donors (Lipinski definition) is 2. The maximum atomic E-state index is 11.9. The summed E-state index contributed by atoms with van der Waals surface area (Å²) in [4.78, 5) is 15.9. The summed E-state index contributed by atoms with van der Waals surface area (Å²) < 4.78 is 5.74. The van der Waals surface area contributed by atoms with E-state index in [1.165, 1.54) is 0 Å². The van der Waals surface area contributed by atoms with Crippen LogP contribution < -0.4 is 10.6 Å². The molecule has 0 radical (unpaired) electrons. The van der Waals surface area contributed by atoms with E-state index in [4.69, 9.17) is 4.42 Å². The average molecular weight is 295 g/mol. The highest BCUT2D eigenvalue weighted by Gasteiger charge is 2.13. The van der Waals surface area contributed by atoms with Gasteiger partial charge in [0.15, 0.2) is 0 Å². The molecule has 5 heteroatoms. The highest BCUT2D eigenvalue weighted by atomic mass is 16.3. The Bertz CT molecular complexity index is 735. The Morgan fingerprint density at radius 3 is 2.91 bits per heavy atom. The smallest absolute Gasteiger partial charge is 0.315 e. The molecule has 22 heavy (non-hydrogen) atoms. The maximum absolute atomic E-state index is 11.9. The van der Waals surface area contributed by atoms with Gasteiger partial charge < -0.3 is 15.1 Å². The first-order chi connectivity index (χ1) is 10.7. The van der Waals surface area contributed by atoms with Crippen LogP contribution in [0.5, 0.6) is 0 Å². The summed E-state index contributed by atoms with van der Waals surface area (Å²) >= 11 is 0. The van der Waals surface area contributed by atoms with Gasteiger partial charge in [-0.05, 0) is 30.7 Å². The van der Waals surface area contributed by atoms with Crippen molar-refractivity contribution in [2.45, 2.75) is 19.5 Å². The first kappa shape index (κ1) is 14.1. The summed E-state index contributed by atoms with van der Waals surface area (Å²) in [5.41, 5.74) is 1.77. The zero-order valence-electron chi connectivity index (χ0n) is 12.2. The molecule has 0 aliphatic carbocycles. The molecule has 0 saturated heterocycles. The van der Waals surface area contributed by atoms with Crippen LogP contribution in [0.15, 0.2) is 59.3 Å². The van der Waals surface area contributed by atoms with Crippen molar-refractivity contribution in [3.05, 3.63) is 66.2 Å². The van der Waals surface area contributed by atoms with Gasteiger partial charge in [-0.25, -0.2) is 4.79 Å². The summed E-state index contributed by atoms with van der Waals surface area (Å²) in [6.07, 6.45) is 3.43. The number of fused-ring (bicyclic) bond motifs is 1. The Hall–Kier alpha value is -2.82. The lowest BCUT2D eigenvalue weighted by atomic mass is 10.2. The molecule has 5 nitrogen and oxygen atoms in total. The van der Waals surface area contributed by atoms with Crippen LogP contribution in [0.2, 0.25) is 0 Å². The Morgan fingerprint density at radius 1 is 1.27 bits per heavy atom. The van der Waals surface area contributed by atoms with Crippen molar-refractivity contribution in [1.29, 1.82) is 0 Å². The van der Waals surface area contributed by atoms with Gasteiger partial charge >= 0.3 is 6.03 Å². The molecule has 2 N–H and O–H groups in total. The maximum Gasteiger partial charge on any atom is 0.315 e. The second kappa shape index (κ2) is 6.30. The predicted octanol–water partition coefficient (Wildman–Crippen LogP) is 3.39. The Kier molecular flexibility index (Phi) is 4.05. The van der Waals surface area contributed by atoms with Crippen molar-refractivity contribution in [3.63, 3.8) is 0 Å². The van der Waals surface area contributed by atoms with E-state index in [0.717, 1.165) is 22.3 Å². The van der Waals surface area contributed by atoms with Crippen LogP contribution in [0.3, 0.4) is 0 Å². The van der Waals surface area contributed by atoms with Gasteiger partial charge in [0.25, 0.3) is 0 Å². The molecule has 0 saturated carbocycles. The standard InChI is InChI=1S/C17H17N3O2/c1-12(16-9-14-6-2-3-7-15(14)22-16)20-17(21)19-11-13-5-4-8-18-10-13/h2-10,12H,11H2,1H3,(H2,19,20,21)/t12-/m0/s1. The molecule has 0 unspecified atom stereocenters. The molecule has 2 amide bonds. The molecule has 3 aromatic rings. The third kappa shape index (κ3) is 3.25. The lowest BCUT2D eigenvalue weighted by Gasteiger charge is -2.12. The number of carbonyl (C=O) groups excluding carboxylic acids is 1. The lowest BCUT2D eigenvalue weighted by molar-refractivity contribution is 0.236. The fraction of sp³-hybridized carbons (Fsp3) is 0.176. The third-order valence-corrected chi connectivity index (χ3v) is 3.39. The second-order valence-corrected chi connectivity index (χ2v) is 5.10. The van der Waals surface area contributed by atoms with E-state index in [9.17, 15) is 4.79 Å². The van der Waals surface area contributed by atoms with Gasteiger partial charge in [-0.15, -0.1) is 0 Å². The highest BCUT2D eigenvalue weighted by Crippen LogP contribution is 2.23. The van der Waals surface area contributed by atoms with Crippen molar-refractivity contribution in [1.82, 2.24) is 15.6 Å². The van der Waals surface area contributed by atoms with Gasteiger partial charge in [0.2, 0.25) is 0 Å². The van der Waals surface area contributed by atoms with E-state index < -0.39 is 0 Å². The highest BCUT2D eigenvalue weighted by molar-refractivity contribution is 5.78. The number of furan rings is 1. The fourth-order valence-electron chi connectivity index (χ4n) is 2.22. The molecule has 2 aromatic heterocycles. The Balaban J connectivity index is 1.58. The van der Waals surface area contributed by atoms with Crippen molar-refractivity contribution < 1.29 is 9.21 Å². The molecule has 0 aliphatic rings. The molecule has 1 aromatic carbocycles. The van der Waals surface area contributed by atoms with Crippen LogP contribution in [-0.2, 0) is 6.54 Å². The van der Waals surface area contributed by atoms with Crippen LogP contribution in [0.4, 0.5) is 4.79 Å². The summed E-state index contributed by atoms with van der Waals surface area (Å²) in [5.74, 6) is 0.734. The number of pyridine rings is 1. The van der Waals surface area contributed by atoms with Crippen LogP contribution >= 0.6 is 0 Å². The molecule has 0 bridgehead atoms. The lowest BCUT2D eigenvalue weighted by Crippen LogP contribution is -2.36. The molecule has 0 spiro atoms. The van der Waals surface area contributed by atoms with Gasteiger partial charge in [-0.3, -0.25) is 4.98 Å². The van der Waals surface area contributed by atoms with Crippen LogP contribution in [-0.4, -0.2) is 11.0 Å². The predicted molar refractivity (Wildman–Crippen MR) is 84.2 cm³/mol. The van der Waals surface area contributed by atoms with Gasteiger partial charge in [0, 0.05) is 24.3 Å². The van der Waals surface area contributed by atoms with E-state index in [2.05, 4.69) is 15.6 Å². The zero-order valence-corrected chi connectivity index (χ0v) is 12.2. The summed E-state index contributed by atoms with van der Waals surface area (Å²) in [7, 11) is 0. The molecule has 0 aliphatic heterocycles. The zero-order chi connectivity index (χ0) is 15.4. The SMILES string of the molecule is C[C@H](NC(=O)NCc1cccnc1)c1cc2ccccc2o1. The first-order valence-corrected chi connectivity index (χ1v) is 7.14. The number of nitrogens with zero attached hydrogens (tertiary/aromatic N) is 1. The fourth-order valence-corrected chi connectivity index (χ4v) is 2.22. The second-order valence-electron chi connectivity index (χ2n) is 5.10. The number of aromatic nitrogens is 1. The Labute approximate surface area is 128 Å². The topological polar surface area (TPSA) is 67.2 Å². The van der Waals surface area contributed by atoms with Crippen LogP contribution in [0, 0.1) is 0 Å². The largest absolute Gasteiger partial charge is 0.459 e. The first-order valence-electron chi connectivity index (χ1n) is 7.14. The van der Waals surface area contributed by atoms with Gasteiger partial charge in [-0.1, -0.05) is 24.3 Å². The third-order valence-electron chi connectivity index (χ3n) is 3.39. The van der Waals surface area contributed by atoms with Crippen molar-refractivity contribution in [2.75, 3.05) is 0 Å². The molecule has 1 atom stereocenters. The normalized spacial score (nSPS) is 12.0. The summed E-state index contributed by atoms with van der Waals surface area (Å²) in [6, 6.07) is 13.0. The van der Waals surface area contributed by atoms with Gasteiger partial charge in [-0.2, -0.15) is 0 Å². The quantitative estimate of drug-likeness (QED) is 0.775. The van der Waals surface area contributed by atoms with Gasteiger partial charge in [0.05, 0.1) is 6.04 Å². The number of nitrogens with one attached hydrogen (secondary N) is 2. The molecule has 0 fully saturated rings. The van der Waals surface area contributed by atoms with E-state index in [-0.39, 0.29) is 12.1 Å². The van der Waals surface area contributed by atoms with Gasteiger partial charge in [0.1, 0.15) is 11.3 Å². The minimum Gasteiger partial charge on any atom is -0.459 e. The van der Waals surface area contributed by atoms with Crippen LogP contribution in [0.1, 0.15) is 24.3 Å². The number of carbonyl (C=O) groups is 1. The average Bonchev–Trinajstić information content (AvgIpc) is 2.98. The minimum absolute atomic E-state index is 0.207. The number of para-hydroxylation sites is 1. The summed E-state index contributed by atoms with van der Waals surface area (Å²) in [6.45, 7) is 2.33. The van der Waals surface area contributed by atoms with E-state index in [0.29, 0.717) is 6.54 Å².